The molecule has 1 aromatic carbocycles. The summed E-state index contributed by atoms with van der Waals surface area (Å²) in [5.41, 5.74) is -1.82. The van der Waals surface area contributed by atoms with Crippen LogP contribution in [0.3, 0.4) is 0 Å². The van der Waals surface area contributed by atoms with Crippen LogP contribution in [0.4, 0.5) is 32.4 Å². The minimum atomic E-state index is -3.39. The van der Waals surface area contributed by atoms with Gasteiger partial charge in [0.25, 0.3) is 12.3 Å². The molecule has 1 aromatic heterocycles. The number of anilines is 1. The number of nitrogens with zero attached hydrogens (tertiary/aromatic N) is 4. The summed E-state index contributed by atoms with van der Waals surface area (Å²) in [6, 6.07) is 4.11. The third kappa shape index (κ3) is 5.15. The molecular formula is C23H24F5N5O3. The molecule has 194 valence electrons. The molecule has 2 amide bonds. The number of nitrogens with one attached hydrogen (secondary N) is 1. The SMILES string of the molecule is C[C@@H]1Cc2nn3c(c2CN1C(=O)Nc1ccc(F)c(C#N)c1)C(F)(F)CC[C@@](O)(COCC(F)F)C3. The van der Waals surface area contributed by atoms with Crippen LogP contribution in [0.5, 0.6) is 0 Å². The third-order valence-electron chi connectivity index (χ3n) is 6.39. The molecule has 0 saturated heterocycles. The molecule has 8 nitrogen and oxygen atoms in total. The number of ether oxygens (including phenoxy) is 1. The van der Waals surface area contributed by atoms with Crippen molar-refractivity contribution < 1.29 is 36.6 Å². The van der Waals surface area contributed by atoms with Gasteiger partial charge in [-0.3, -0.25) is 4.68 Å². The molecule has 0 unspecified atom stereocenters. The monoisotopic (exact) mass is 513 g/mol. The van der Waals surface area contributed by atoms with E-state index < -0.39 is 67.6 Å². The Morgan fingerprint density at radius 2 is 2.14 bits per heavy atom. The van der Waals surface area contributed by atoms with Gasteiger partial charge >= 0.3 is 6.03 Å². The van der Waals surface area contributed by atoms with Gasteiger partial charge in [-0.05, 0) is 31.5 Å². The van der Waals surface area contributed by atoms with Gasteiger partial charge in [0, 0.05) is 30.1 Å². The molecular weight excluding hydrogens is 489 g/mol. The average Bonchev–Trinajstić information content (AvgIpc) is 3.10. The second-order valence-electron chi connectivity index (χ2n) is 9.18. The number of aliphatic hydroxyl groups is 1. The minimum absolute atomic E-state index is 0.155. The number of halogens is 5. The maximum atomic E-state index is 15.2. The number of amides is 2. The zero-order chi connectivity index (χ0) is 26.3. The summed E-state index contributed by atoms with van der Waals surface area (Å²) in [4.78, 5) is 14.3. The van der Waals surface area contributed by atoms with Crippen LogP contribution in [0.1, 0.15) is 42.3 Å². The first-order chi connectivity index (χ1) is 16.9. The van der Waals surface area contributed by atoms with E-state index in [0.29, 0.717) is 5.69 Å². The van der Waals surface area contributed by atoms with Crippen molar-refractivity contribution in [3.8, 4) is 6.07 Å². The first-order valence-electron chi connectivity index (χ1n) is 11.2. The van der Waals surface area contributed by atoms with Crippen LogP contribution < -0.4 is 5.32 Å². The second-order valence-corrected chi connectivity index (χ2v) is 9.18. The lowest BCUT2D eigenvalue weighted by Gasteiger charge is -2.33. The lowest BCUT2D eigenvalue weighted by atomic mass is 9.94. The molecule has 4 rings (SSSR count). The van der Waals surface area contributed by atoms with Crippen LogP contribution in [0, 0.1) is 17.1 Å². The molecule has 2 N–H and O–H groups in total. The fourth-order valence-corrected chi connectivity index (χ4v) is 4.60. The molecule has 13 heteroatoms. The molecule has 2 aromatic rings. The number of fused-ring (bicyclic) bond motifs is 3. The number of benzene rings is 1. The van der Waals surface area contributed by atoms with Gasteiger partial charge < -0.3 is 20.1 Å². The third-order valence-corrected chi connectivity index (χ3v) is 6.39. The van der Waals surface area contributed by atoms with Crippen LogP contribution in [0.2, 0.25) is 0 Å². The number of carbonyl (C=O) groups excluding carboxylic acids is 1. The van der Waals surface area contributed by atoms with Gasteiger partial charge in [-0.2, -0.15) is 19.1 Å². The first-order valence-corrected chi connectivity index (χ1v) is 11.2. The fourth-order valence-electron chi connectivity index (χ4n) is 4.60. The summed E-state index contributed by atoms with van der Waals surface area (Å²) < 4.78 is 74.8. The Labute approximate surface area is 203 Å². The quantitative estimate of drug-likeness (QED) is 0.593. The Kier molecular flexibility index (Phi) is 6.94. The van der Waals surface area contributed by atoms with Gasteiger partial charge in [0.1, 0.15) is 29.8 Å². The lowest BCUT2D eigenvalue weighted by molar-refractivity contribution is -0.0927. The van der Waals surface area contributed by atoms with E-state index in [1.54, 1.807) is 13.0 Å². The van der Waals surface area contributed by atoms with E-state index in [9.17, 15) is 23.1 Å². The summed E-state index contributed by atoms with van der Waals surface area (Å²) in [6.45, 7) is -0.330. The maximum Gasteiger partial charge on any atom is 0.322 e. The summed E-state index contributed by atoms with van der Waals surface area (Å²) in [6.07, 6.45) is -3.75. The molecule has 36 heavy (non-hydrogen) atoms. The van der Waals surface area contributed by atoms with E-state index in [4.69, 9.17) is 10.00 Å². The van der Waals surface area contributed by atoms with E-state index in [1.807, 2.05) is 0 Å². The first kappa shape index (κ1) is 25.8. The van der Waals surface area contributed by atoms with Gasteiger partial charge in [0.15, 0.2) is 0 Å². The minimum Gasteiger partial charge on any atom is -0.386 e. The molecule has 0 fully saturated rings. The standard InChI is InChI=1S/C23H24F5N5O3/c1-13-6-18-16(9-32(13)21(34)30-15-2-3-17(24)14(7-15)8-29)20-23(27,28)5-4-22(35,11-33(20)31-18)12-36-10-19(25)26/h2-3,7,13,19,35H,4-6,9-12H2,1H3,(H,30,34)/t13-,22+/m1/s1. The highest BCUT2D eigenvalue weighted by Gasteiger charge is 2.48. The fraction of sp³-hybridized carbons (Fsp3) is 0.522. The summed E-state index contributed by atoms with van der Waals surface area (Å²) in [5.74, 6) is -4.13. The predicted molar refractivity (Wildman–Crippen MR) is 116 cm³/mol. The Bertz CT molecular complexity index is 1200. The van der Waals surface area contributed by atoms with Crippen LogP contribution >= 0.6 is 0 Å². The number of rotatable bonds is 5. The number of hydrogen-bond acceptors (Lipinski definition) is 5. The Balaban J connectivity index is 1.58. The van der Waals surface area contributed by atoms with Crippen LogP contribution in [-0.4, -0.2) is 57.1 Å². The van der Waals surface area contributed by atoms with E-state index in [1.165, 1.54) is 17.0 Å². The van der Waals surface area contributed by atoms with Crippen molar-refractivity contribution in [2.24, 2.45) is 0 Å². The number of hydrogen-bond donors (Lipinski definition) is 2. The molecule has 0 saturated carbocycles. The van der Waals surface area contributed by atoms with Gasteiger partial charge in [0.05, 0.1) is 31.0 Å². The van der Waals surface area contributed by atoms with Crippen molar-refractivity contribution in [2.45, 2.75) is 63.3 Å². The number of urea groups is 1. The Morgan fingerprint density at radius 3 is 2.83 bits per heavy atom. The average molecular weight is 513 g/mol. The van der Waals surface area contributed by atoms with E-state index in [0.717, 1.165) is 10.7 Å². The van der Waals surface area contributed by atoms with Gasteiger partial charge in [-0.15, -0.1) is 0 Å². The van der Waals surface area contributed by atoms with E-state index >= 15 is 8.78 Å². The van der Waals surface area contributed by atoms with E-state index in [2.05, 4.69) is 10.4 Å². The van der Waals surface area contributed by atoms with Gasteiger partial charge in [0.2, 0.25) is 0 Å². The second kappa shape index (κ2) is 9.67. The Morgan fingerprint density at radius 1 is 1.39 bits per heavy atom. The topological polar surface area (TPSA) is 103 Å². The van der Waals surface area contributed by atoms with Crippen molar-refractivity contribution >= 4 is 11.7 Å². The van der Waals surface area contributed by atoms with E-state index in [-0.39, 0.29) is 36.3 Å². The van der Waals surface area contributed by atoms with Crippen molar-refractivity contribution in [3.63, 3.8) is 0 Å². The van der Waals surface area contributed by atoms with Crippen LogP contribution in [-0.2, 0) is 30.2 Å². The molecule has 3 heterocycles. The summed E-state index contributed by atoms with van der Waals surface area (Å²) in [5, 5.41) is 26.7. The van der Waals surface area contributed by atoms with Gasteiger partial charge in [-0.1, -0.05) is 0 Å². The van der Waals surface area contributed by atoms with Crippen LogP contribution in [0.15, 0.2) is 18.2 Å². The van der Waals surface area contributed by atoms with Crippen LogP contribution in [0.25, 0.3) is 0 Å². The zero-order valence-corrected chi connectivity index (χ0v) is 19.3. The Hall–Kier alpha value is -3.24. The number of aromatic nitrogens is 2. The largest absolute Gasteiger partial charge is 0.386 e. The van der Waals surface area contributed by atoms with Crippen molar-refractivity contribution in [1.29, 1.82) is 5.26 Å². The summed E-state index contributed by atoms with van der Waals surface area (Å²) in [7, 11) is 0. The molecule has 0 bridgehead atoms. The summed E-state index contributed by atoms with van der Waals surface area (Å²) >= 11 is 0. The van der Waals surface area contributed by atoms with Crippen molar-refractivity contribution in [3.05, 3.63) is 46.5 Å². The molecule has 0 spiro atoms. The smallest absolute Gasteiger partial charge is 0.322 e. The molecule has 2 aliphatic heterocycles. The molecule has 0 radical (unpaired) electrons. The maximum absolute atomic E-state index is 15.2. The van der Waals surface area contributed by atoms with Gasteiger partial charge in [-0.25, -0.2) is 18.0 Å². The van der Waals surface area contributed by atoms with Crippen molar-refractivity contribution in [2.75, 3.05) is 18.5 Å². The highest BCUT2D eigenvalue weighted by molar-refractivity contribution is 5.90. The molecule has 2 atom stereocenters. The normalized spacial score (nSPS) is 23.0. The predicted octanol–water partition coefficient (Wildman–Crippen LogP) is 3.77. The number of carbonyl (C=O) groups is 1. The zero-order valence-electron chi connectivity index (χ0n) is 19.3. The lowest BCUT2D eigenvalue weighted by Crippen LogP contribution is -2.45. The number of nitriles is 1. The van der Waals surface area contributed by atoms with Crippen molar-refractivity contribution in [1.82, 2.24) is 14.7 Å². The number of alkyl halides is 4. The molecule has 0 aliphatic carbocycles. The highest BCUT2D eigenvalue weighted by atomic mass is 19.3. The highest BCUT2D eigenvalue weighted by Crippen LogP contribution is 2.43. The molecule has 2 aliphatic rings.